The van der Waals surface area contributed by atoms with Gasteiger partial charge in [-0.15, -0.1) is 0 Å². The molecule has 0 aromatic heterocycles. The van der Waals surface area contributed by atoms with Crippen LogP contribution in [0.15, 0.2) is 60.7 Å². The Morgan fingerprint density at radius 3 is 2.08 bits per heavy atom. The molecule has 2 aromatic carbocycles. The highest BCUT2D eigenvalue weighted by Gasteiger charge is 2.60. The van der Waals surface area contributed by atoms with Crippen molar-refractivity contribution >= 4 is 17.5 Å². The highest BCUT2D eigenvalue weighted by Crippen LogP contribution is 2.55. The van der Waals surface area contributed by atoms with Crippen molar-refractivity contribution in [3.63, 3.8) is 0 Å². The van der Waals surface area contributed by atoms with E-state index in [-0.39, 0.29) is 11.7 Å². The molecule has 1 aliphatic carbocycles. The van der Waals surface area contributed by atoms with E-state index in [1.54, 1.807) is 0 Å². The van der Waals surface area contributed by atoms with E-state index < -0.39 is 23.6 Å². The van der Waals surface area contributed by atoms with E-state index in [9.17, 15) is 14.4 Å². The first-order valence-corrected chi connectivity index (χ1v) is 8.37. The normalized spacial score (nSPS) is 21.4. The van der Waals surface area contributed by atoms with Gasteiger partial charge in [-0.25, -0.2) is 4.79 Å². The Kier molecular flexibility index (Phi) is 5.08. The summed E-state index contributed by atoms with van der Waals surface area (Å²) in [6.45, 7) is 0. The Balaban J connectivity index is 1.73. The van der Waals surface area contributed by atoms with Crippen LogP contribution in [0.3, 0.4) is 0 Å². The number of aryl methyl sites for hydroxylation is 1. The topological polar surface area (TPSA) is 60.4 Å². The molecule has 0 spiro atoms. The lowest BCUT2D eigenvalue weighted by Crippen LogP contribution is -2.20. The number of hydrogen-bond acceptors (Lipinski definition) is 4. The van der Waals surface area contributed by atoms with Gasteiger partial charge in [0.05, 0.1) is 7.11 Å². The number of rotatable bonds is 7. The highest BCUT2D eigenvalue weighted by atomic mass is 16.5. The molecular formula is C21H20O4. The number of carbonyl (C=O) groups excluding carboxylic acids is 3. The Bertz CT molecular complexity index is 767. The van der Waals surface area contributed by atoms with E-state index in [0.29, 0.717) is 12.8 Å². The Hall–Kier alpha value is -2.75. The number of ketones is 2. The van der Waals surface area contributed by atoms with Gasteiger partial charge in [-0.1, -0.05) is 60.7 Å². The number of methoxy groups -OCH3 is 1. The summed E-state index contributed by atoms with van der Waals surface area (Å²) in [6.07, 6.45) is 1.000. The average Bonchev–Trinajstić information content (AvgIpc) is 3.42. The molecule has 1 saturated carbocycles. The second-order valence-electron chi connectivity index (χ2n) is 6.30. The van der Waals surface area contributed by atoms with Gasteiger partial charge in [-0.2, -0.15) is 0 Å². The summed E-state index contributed by atoms with van der Waals surface area (Å²) >= 11 is 0. The van der Waals surface area contributed by atoms with Crippen molar-refractivity contribution in [1.29, 1.82) is 0 Å². The second-order valence-corrected chi connectivity index (χ2v) is 6.30. The second kappa shape index (κ2) is 7.43. The van der Waals surface area contributed by atoms with Crippen molar-refractivity contribution in [3.8, 4) is 0 Å². The first kappa shape index (κ1) is 17.1. The van der Waals surface area contributed by atoms with Crippen LogP contribution in [0.4, 0.5) is 0 Å². The van der Waals surface area contributed by atoms with Gasteiger partial charge in [0.15, 0.2) is 0 Å². The zero-order valence-electron chi connectivity index (χ0n) is 14.1. The molecule has 2 aromatic rings. The van der Waals surface area contributed by atoms with Crippen molar-refractivity contribution in [2.24, 2.45) is 11.8 Å². The fourth-order valence-electron chi connectivity index (χ4n) is 3.44. The van der Waals surface area contributed by atoms with Crippen molar-refractivity contribution < 1.29 is 19.1 Å². The third kappa shape index (κ3) is 3.68. The first-order valence-electron chi connectivity index (χ1n) is 8.37. The van der Waals surface area contributed by atoms with Crippen LogP contribution in [0.5, 0.6) is 0 Å². The minimum atomic E-state index is -0.871. The smallest absolute Gasteiger partial charge is 0.374 e. The molecule has 0 unspecified atom stereocenters. The summed E-state index contributed by atoms with van der Waals surface area (Å²) in [4.78, 5) is 36.6. The molecule has 25 heavy (non-hydrogen) atoms. The van der Waals surface area contributed by atoms with E-state index in [2.05, 4.69) is 4.74 Å². The van der Waals surface area contributed by atoms with Crippen LogP contribution in [-0.4, -0.2) is 24.6 Å². The van der Waals surface area contributed by atoms with Crippen molar-refractivity contribution in [3.05, 3.63) is 71.8 Å². The van der Waals surface area contributed by atoms with Gasteiger partial charge in [0.2, 0.25) is 5.78 Å². The lowest BCUT2D eigenvalue weighted by Gasteiger charge is -2.01. The van der Waals surface area contributed by atoms with E-state index in [4.69, 9.17) is 0 Å². The predicted molar refractivity (Wildman–Crippen MR) is 93.0 cm³/mol. The molecule has 4 heteroatoms. The minimum Gasteiger partial charge on any atom is -0.463 e. The summed E-state index contributed by atoms with van der Waals surface area (Å²) in [7, 11) is 1.19. The molecule has 3 rings (SSSR count). The van der Waals surface area contributed by atoms with Crippen LogP contribution in [0.25, 0.3) is 0 Å². The van der Waals surface area contributed by atoms with E-state index >= 15 is 0 Å². The van der Waals surface area contributed by atoms with Crippen molar-refractivity contribution in [2.75, 3.05) is 7.11 Å². The molecule has 0 aliphatic heterocycles. The van der Waals surface area contributed by atoms with Gasteiger partial charge in [-0.3, -0.25) is 9.59 Å². The third-order valence-corrected chi connectivity index (χ3v) is 4.77. The number of hydrogen-bond donors (Lipinski definition) is 0. The summed E-state index contributed by atoms with van der Waals surface area (Å²) in [5.41, 5.74) is 2.01. The van der Waals surface area contributed by atoms with Crippen LogP contribution in [-0.2, 0) is 25.5 Å². The van der Waals surface area contributed by atoms with Crippen LogP contribution >= 0.6 is 0 Å². The number of esters is 1. The molecule has 1 aliphatic rings. The fraction of sp³-hybridized carbons (Fsp3) is 0.286. The molecule has 3 atom stereocenters. The van der Waals surface area contributed by atoms with Crippen LogP contribution in [0.1, 0.15) is 23.5 Å². The Morgan fingerprint density at radius 2 is 1.48 bits per heavy atom. The van der Waals surface area contributed by atoms with Crippen LogP contribution in [0.2, 0.25) is 0 Å². The lowest BCUT2D eigenvalue weighted by atomic mass is 10.0. The largest absolute Gasteiger partial charge is 0.463 e. The summed E-state index contributed by atoms with van der Waals surface area (Å²) in [5, 5.41) is 0. The third-order valence-electron chi connectivity index (χ3n) is 4.77. The summed E-state index contributed by atoms with van der Waals surface area (Å²) in [5.74, 6) is -2.70. The molecule has 1 fully saturated rings. The van der Waals surface area contributed by atoms with Gasteiger partial charge in [0, 0.05) is 24.2 Å². The van der Waals surface area contributed by atoms with Gasteiger partial charge < -0.3 is 4.74 Å². The number of Topliss-reactive ketones (excluding diaryl/α,β-unsaturated/α-hetero) is 2. The molecule has 4 nitrogen and oxygen atoms in total. The maximum atomic E-state index is 12.7. The Labute approximate surface area is 146 Å². The molecule has 128 valence electrons. The maximum Gasteiger partial charge on any atom is 0.374 e. The van der Waals surface area contributed by atoms with Crippen LogP contribution in [0, 0.1) is 11.8 Å². The van der Waals surface area contributed by atoms with E-state index in [1.165, 1.54) is 7.11 Å². The van der Waals surface area contributed by atoms with Crippen molar-refractivity contribution in [2.45, 2.75) is 18.8 Å². The zero-order chi connectivity index (χ0) is 17.8. The monoisotopic (exact) mass is 336 g/mol. The quantitative estimate of drug-likeness (QED) is 0.576. The molecule has 0 bridgehead atoms. The molecule has 0 saturated heterocycles. The number of ether oxygens (including phenoxy) is 1. The van der Waals surface area contributed by atoms with Crippen LogP contribution < -0.4 is 0 Å². The molecule has 0 N–H and O–H groups in total. The van der Waals surface area contributed by atoms with E-state index in [0.717, 1.165) is 11.1 Å². The van der Waals surface area contributed by atoms with Gasteiger partial charge >= 0.3 is 5.97 Å². The summed E-state index contributed by atoms with van der Waals surface area (Å²) in [6, 6.07) is 19.2. The fourth-order valence-corrected chi connectivity index (χ4v) is 3.44. The number of carbonyl (C=O) groups is 3. The Morgan fingerprint density at radius 1 is 0.880 bits per heavy atom. The lowest BCUT2D eigenvalue weighted by molar-refractivity contribution is -0.152. The highest BCUT2D eigenvalue weighted by molar-refractivity contribution is 6.36. The molecule has 0 amide bonds. The summed E-state index contributed by atoms with van der Waals surface area (Å²) < 4.78 is 4.56. The first-order chi connectivity index (χ1) is 12.1. The maximum absolute atomic E-state index is 12.7. The minimum absolute atomic E-state index is 0.0277. The van der Waals surface area contributed by atoms with Gasteiger partial charge in [0.25, 0.3) is 0 Å². The van der Waals surface area contributed by atoms with Gasteiger partial charge in [0.1, 0.15) is 5.78 Å². The zero-order valence-corrected chi connectivity index (χ0v) is 14.1. The van der Waals surface area contributed by atoms with Gasteiger partial charge in [-0.05, 0) is 17.5 Å². The molecular weight excluding hydrogens is 316 g/mol. The average molecular weight is 336 g/mol. The predicted octanol–water partition coefficient (Wildman–Crippen LogP) is 2.96. The molecule has 0 radical (unpaired) electrons. The van der Waals surface area contributed by atoms with Crippen molar-refractivity contribution in [1.82, 2.24) is 0 Å². The standard InChI is InChI=1S/C21H20O4/c1-25-21(24)20(23)19-17(15-10-6-3-7-11-15)18(19)16(22)13-12-14-8-4-2-5-9-14/h2-11,17-19H,12-13H2,1H3/t17-,18-,19+/m1/s1. The van der Waals surface area contributed by atoms with E-state index in [1.807, 2.05) is 60.7 Å². The number of benzene rings is 2. The molecule has 0 heterocycles. The SMILES string of the molecule is COC(=O)C(=O)[C@@H]1[C@H](C(=O)CCc2ccccc2)[C@H]1c1ccccc1.